The molecule has 0 spiro atoms. The molecule has 0 unspecified atom stereocenters. The Morgan fingerprint density at radius 1 is 1.18 bits per heavy atom. The van der Waals surface area contributed by atoms with Crippen LogP contribution in [-0.4, -0.2) is 23.1 Å². The van der Waals surface area contributed by atoms with Crippen LogP contribution in [0.25, 0.3) is 12.2 Å². The van der Waals surface area contributed by atoms with E-state index in [4.69, 9.17) is 9.84 Å². The van der Waals surface area contributed by atoms with E-state index in [1.165, 1.54) is 12.1 Å². The fourth-order valence-corrected chi connectivity index (χ4v) is 1.89. The number of hydrogen-bond donors (Lipinski definition) is 1. The minimum absolute atomic E-state index is 0.112. The van der Waals surface area contributed by atoms with Crippen LogP contribution in [0, 0.1) is 10.1 Å². The summed E-state index contributed by atoms with van der Waals surface area (Å²) in [5.41, 5.74) is 0.891. The first kappa shape index (κ1) is 15.2. The topological polar surface area (TPSA) is 89.7 Å². The number of nitrogens with zero attached hydrogens (tertiary/aromatic N) is 1. The van der Waals surface area contributed by atoms with Gasteiger partial charge in [0.2, 0.25) is 0 Å². The van der Waals surface area contributed by atoms with E-state index in [1.54, 1.807) is 31.4 Å². The maximum Gasteiger partial charge on any atom is 0.336 e. The Labute approximate surface area is 126 Å². The van der Waals surface area contributed by atoms with Crippen molar-refractivity contribution in [3.8, 4) is 5.75 Å². The fourth-order valence-electron chi connectivity index (χ4n) is 1.89. The molecule has 0 saturated heterocycles. The van der Waals surface area contributed by atoms with Crippen molar-refractivity contribution >= 4 is 23.8 Å². The maximum atomic E-state index is 11.2. The van der Waals surface area contributed by atoms with Crippen LogP contribution in [0.3, 0.4) is 0 Å². The third kappa shape index (κ3) is 3.49. The average molecular weight is 299 g/mol. The van der Waals surface area contributed by atoms with Gasteiger partial charge >= 0.3 is 5.97 Å². The standard InChI is InChI=1S/C16H13NO5/c1-22-14-8-3-11(4-9-14)2-5-12-6-7-13(17(20)21)10-15(12)16(18)19/h2-10H,1H3,(H,18,19). The van der Waals surface area contributed by atoms with Crippen molar-refractivity contribution in [2.45, 2.75) is 0 Å². The van der Waals surface area contributed by atoms with Gasteiger partial charge in [0.1, 0.15) is 5.75 Å². The number of rotatable bonds is 5. The molecule has 6 nitrogen and oxygen atoms in total. The van der Waals surface area contributed by atoms with E-state index in [-0.39, 0.29) is 11.3 Å². The number of hydrogen-bond acceptors (Lipinski definition) is 4. The van der Waals surface area contributed by atoms with Crippen LogP contribution in [0.15, 0.2) is 42.5 Å². The Morgan fingerprint density at radius 3 is 2.41 bits per heavy atom. The van der Waals surface area contributed by atoms with Crippen LogP contribution < -0.4 is 4.74 Å². The van der Waals surface area contributed by atoms with Crippen molar-refractivity contribution in [1.29, 1.82) is 0 Å². The van der Waals surface area contributed by atoms with E-state index in [0.717, 1.165) is 17.4 Å². The van der Waals surface area contributed by atoms with E-state index in [2.05, 4.69) is 0 Å². The molecule has 22 heavy (non-hydrogen) atoms. The fraction of sp³-hybridized carbons (Fsp3) is 0.0625. The average Bonchev–Trinajstić information content (AvgIpc) is 2.53. The van der Waals surface area contributed by atoms with Gasteiger partial charge in [0, 0.05) is 12.1 Å². The molecule has 0 radical (unpaired) electrons. The van der Waals surface area contributed by atoms with Crippen LogP contribution in [-0.2, 0) is 0 Å². The highest BCUT2D eigenvalue weighted by atomic mass is 16.6. The highest BCUT2D eigenvalue weighted by molar-refractivity contribution is 5.94. The highest BCUT2D eigenvalue weighted by Gasteiger charge is 2.14. The van der Waals surface area contributed by atoms with E-state index in [9.17, 15) is 14.9 Å². The maximum absolute atomic E-state index is 11.2. The Hall–Kier alpha value is -3.15. The number of carboxylic acid groups (broad SMARTS) is 1. The van der Waals surface area contributed by atoms with Gasteiger partial charge in [-0.1, -0.05) is 24.3 Å². The molecule has 0 fully saturated rings. The van der Waals surface area contributed by atoms with Crippen molar-refractivity contribution in [2.75, 3.05) is 7.11 Å². The number of carboxylic acids is 1. The zero-order valence-corrected chi connectivity index (χ0v) is 11.7. The molecule has 2 aromatic carbocycles. The molecule has 6 heteroatoms. The number of carbonyl (C=O) groups is 1. The lowest BCUT2D eigenvalue weighted by Gasteiger charge is -2.02. The third-order valence-corrected chi connectivity index (χ3v) is 3.05. The smallest absolute Gasteiger partial charge is 0.336 e. The lowest BCUT2D eigenvalue weighted by Crippen LogP contribution is -2.01. The normalized spacial score (nSPS) is 10.6. The van der Waals surface area contributed by atoms with Gasteiger partial charge in [0.25, 0.3) is 5.69 Å². The minimum Gasteiger partial charge on any atom is -0.497 e. The first-order chi connectivity index (χ1) is 10.5. The summed E-state index contributed by atoms with van der Waals surface area (Å²) in [7, 11) is 1.57. The Balaban J connectivity index is 2.33. The molecule has 0 aliphatic heterocycles. The summed E-state index contributed by atoms with van der Waals surface area (Å²) in [4.78, 5) is 21.3. The number of non-ortho nitro benzene ring substituents is 1. The summed E-state index contributed by atoms with van der Waals surface area (Å²) >= 11 is 0. The molecular weight excluding hydrogens is 286 g/mol. The van der Waals surface area contributed by atoms with E-state index in [0.29, 0.717) is 5.56 Å². The van der Waals surface area contributed by atoms with Crippen LogP contribution >= 0.6 is 0 Å². The molecule has 0 heterocycles. The summed E-state index contributed by atoms with van der Waals surface area (Å²) in [5.74, 6) is -0.489. The van der Waals surface area contributed by atoms with Gasteiger partial charge in [-0.3, -0.25) is 10.1 Å². The molecule has 2 aromatic rings. The quantitative estimate of drug-likeness (QED) is 0.518. The predicted molar refractivity (Wildman–Crippen MR) is 82.0 cm³/mol. The summed E-state index contributed by atoms with van der Waals surface area (Å²) in [5, 5.41) is 19.9. The molecule has 1 N–H and O–H groups in total. The summed E-state index contributed by atoms with van der Waals surface area (Å²) < 4.78 is 5.05. The molecule has 0 aromatic heterocycles. The number of nitro benzene ring substituents is 1. The number of methoxy groups -OCH3 is 1. The highest BCUT2D eigenvalue weighted by Crippen LogP contribution is 2.21. The molecule has 0 aliphatic rings. The van der Waals surface area contributed by atoms with Crippen LogP contribution in [0.1, 0.15) is 21.5 Å². The van der Waals surface area contributed by atoms with Gasteiger partial charge in [0.05, 0.1) is 17.6 Å². The SMILES string of the molecule is COc1ccc(C=Cc2ccc([N+](=O)[O-])cc2C(=O)O)cc1. The lowest BCUT2D eigenvalue weighted by atomic mass is 10.0. The predicted octanol–water partition coefficient (Wildman–Crippen LogP) is 3.47. The monoisotopic (exact) mass is 299 g/mol. The minimum atomic E-state index is -1.21. The largest absolute Gasteiger partial charge is 0.497 e. The van der Waals surface area contributed by atoms with Crippen molar-refractivity contribution in [3.05, 3.63) is 69.3 Å². The lowest BCUT2D eigenvalue weighted by molar-refractivity contribution is -0.384. The summed E-state index contributed by atoms with van der Waals surface area (Å²) in [6.45, 7) is 0. The number of aromatic carboxylic acids is 1. The molecule has 112 valence electrons. The van der Waals surface area contributed by atoms with Gasteiger partial charge in [-0.25, -0.2) is 4.79 Å². The van der Waals surface area contributed by atoms with Crippen LogP contribution in [0.2, 0.25) is 0 Å². The molecule has 0 aliphatic carbocycles. The van der Waals surface area contributed by atoms with Crippen molar-refractivity contribution in [3.63, 3.8) is 0 Å². The molecule has 0 bridgehead atoms. The van der Waals surface area contributed by atoms with Crippen LogP contribution in [0.5, 0.6) is 5.75 Å². The second-order valence-corrected chi connectivity index (χ2v) is 4.44. The van der Waals surface area contributed by atoms with Crippen molar-refractivity contribution in [1.82, 2.24) is 0 Å². The first-order valence-electron chi connectivity index (χ1n) is 6.35. The number of benzene rings is 2. The molecule has 0 atom stereocenters. The zero-order valence-electron chi connectivity index (χ0n) is 11.7. The van der Waals surface area contributed by atoms with Gasteiger partial charge in [-0.05, 0) is 29.3 Å². The zero-order chi connectivity index (χ0) is 16.1. The Kier molecular flexibility index (Phi) is 4.53. The van der Waals surface area contributed by atoms with Gasteiger partial charge < -0.3 is 9.84 Å². The molecular formula is C16H13NO5. The number of nitro groups is 1. The summed E-state index contributed by atoms with van der Waals surface area (Å²) in [6, 6.07) is 11.0. The van der Waals surface area contributed by atoms with Crippen molar-refractivity contribution < 1.29 is 19.6 Å². The second kappa shape index (κ2) is 6.53. The Bertz CT molecular complexity index is 735. The molecule has 0 amide bonds. The van der Waals surface area contributed by atoms with Crippen LogP contribution in [0.4, 0.5) is 5.69 Å². The van der Waals surface area contributed by atoms with E-state index in [1.807, 2.05) is 12.1 Å². The van der Waals surface area contributed by atoms with E-state index < -0.39 is 10.9 Å². The molecule has 0 saturated carbocycles. The summed E-state index contributed by atoms with van der Waals surface area (Å²) in [6.07, 6.45) is 3.34. The molecule has 2 rings (SSSR count). The van der Waals surface area contributed by atoms with Gasteiger partial charge in [-0.15, -0.1) is 0 Å². The van der Waals surface area contributed by atoms with E-state index >= 15 is 0 Å². The second-order valence-electron chi connectivity index (χ2n) is 4.44. The van der Waals surface area contributed by atoms with Gasteiger partial charge in [0.15, 0.2) is 0 Å². The Morgan fingerprint density at radius 2 is 1.86 bits per heavy atom. The first-order valence-corrected chi connectivity index (χ1v) is 6.35. The number of ether oxygens (including phenoxy) is 1. The van der Waals surface area contributed by atoms with Gasteiger partial charge in [-0.2, -0.15) is 0 Å². The third-order valence-electron chi connectivity index (χ3n) is 3.05. The van der Waals surface area contributed by atoms with Crippen molar-refractivity contribution in [2.24, 2.45) is 0 Å².